The van der Waals surface area contributed by atoms with Crippen LogP contribution in [0.15, 0.2) is 71.8 Å². The molecule has 2 aromatic heterocycles. The van der Waals surface area contributed by atoms with E-state index in [1.807, 2.05) is 56.4 Å². The third kappa shape index (κ3) is 3.61. The number of aromatic nitrogens is 4. The summed E-state index contributed by atoms with van der Waals surface area (Å²) in [6.07, 6.45) is 3.65. The molecule has 2 aromatic carbocycles. The van der Waals surface area contributed by atoms with Gasteiger partial charge >= 0.3 is 0 Å². The van der Waals surface area contributed by atoms with E-state index in [0.29, 0.717) is 17.3 Å². The molecule has 0 saturated carbocycles. The molecule has 0 saturated heterocycles. The van der Waals surface area contributed by atoms with Gasteiger partial charge in [-0.15, -0.1) is 0 Å². The van der Waals surface area contributed by atoms with Crippen LogP contribution in [0.4, 0.5) is 0 Å². The lowest BCUT2D eigenvalue weighted by molar-refractivity contribution is 0.0778. The minimum absolute atomic E-state index is 0.150. The highest BCUT2D eigenvalue weighted by Crippen LogP contribution is 2.17. The molecule has 0 atom stereocenters. The van der Waals surface area contributed by atoms with E-state index >= 15 is 0 Å². The molecule has 0 unspecified atom stereocenters. The first-order valence-electron chi connectivity index (χ1n) is 9.81. The van der Waals surface area contributed by atoms with Crippen LogP contribution < -0.4 is 5.56 Å². The van der Waals surface area contributed by atoms with E-state index in [9.17, 15) is 9.59 Å². The minimum atomic E-state index is -0.243. The summed E-state index contributed by atoms with van der Waals surface area (Å²) < 4.78 is 3.15. The first-order chi connectivity index (χ1) is 14.5. The summed E-state index contributed by atoms with van der Waals surface area (Å²) in [5.74, 6) is -0.243. The van der Waals surface area contributed by atoms with E-state index < -0.39 is 0 Å². The highest BCUT2D eigenvalue weighted by atomic mass is 16.2. The lowest BCUT2D eigenvalue weighted by atomic mass is 10.1. The summed E-state index contributed by atoms with van der Waals surface area (Å²) in [5, 5.41) is 9.86. The SMILES string of the molecule is CC(C)n1nc(C(=O)N(C)Cc2cnn(-c3ccccc3)c2)c2ccccc2c1=O. The molecule has 0 radical (unpaired) electrons. The van der Waals surface area contributed by atoms with Crippen molar-refractivity contribution >= 4 is 16.7 Å². The molecule has 7 nitrogen and oxygen atoms in total. The zero-order valence-corrected chi connectivity index (χ0v) is 17.2. The molecule has 0 aliphatic carbocycles. The number of nitrogens with zero attached hydrogens (tertiary/aromatic N) is 5. The summed E-state index contributed by atoms with van der Waals surface area (Å²) in [5.41, 5.74) is 1.94. The summed E-state index contributed by atoms with van der Waals surface area (Å²) in [6, 6.07) is 16.8. The Bertz CT molecular complexity index is 1260. The maximum Gasteiger partial charge on any atom is 0.274 e. The first-order valence-corrected chi connectivity index (χ1v) is 9.81. The molecule has 0 spiro atoms. The maximum absolute atomic E-state index is 13.2. The van der Waals surface area contributed by atoms with Gasteiger partial charge in [0.05, 0.1) is 23.3 Å². The molecule has 30 heavy (non-hydrogen) atoms. The Morgan fingerprint density at radius 3 is 2.40 bits per heavy atom. The number of hydrogen-bond acceptors (Lipinski definition) is 4. The number of para-hydroxylation sites is 1. The summed E-state index contributed by atoms with van der Waals surface area (Å²) >= 11 is 0. The molecule has 7 heteroatoms. The van der Waals surface area contributed by atoms with Crippen molar-refractivity contribution in [1.82, 2.24) is 24.5 Å². The van der Waals surface area contributed by atoms with Gasteiger partial charge in [0.25, 0.3) is 11.5 Å². The average molecular weight is 401 g/mol. The van der Waals surface area contributed by atoms with Crippen LogP contribution >= 0.6 is 0 Å². The van der Waals surface area contributed by atoms with Crippen LogP contribution in [-0.2, 0) is 6.54 Å². The molecular weight excluding hydrogens is 378 g/mol. The van der Waals surface area contributed by atoms with Gasteiger partial charge in [-0.25, -0.2) is 9.36 Å². The number of benzene rings is 2. The second kappa shape index (κ2) is 7.94. The Morgan fingerprint density at radius 1 is 1.03 bits per heavy atom. The van der Waals surface area contributed by atoms with Gasteiger partial charge in [-0.05, 0) is 32.0 Å². The van der Waals surface area contributed by atoms with Gasteiger partial charge in [0, 0.05) is 30.7 Å². The number of carbonyl (C=O) groups excluding carboxylic acids is 1. The average Bonchev–Trinajstić information content (AvgIpc) is 3.22. The molecular formula is C23H23N5O2. The van der Waals surface area contributed by atoms with E-state index in [4.69, 9.17) is 0 Å². The normalized spacial score (nSPS) is 11.2. The number of amides is 1. The topological polar surface area (TPSA) is 73.0 Å². The van der Waals surface area contributed by atoms with Crippen molar-refractivity contribution in [2.24, 2.45) is 0 Å². The quantitative estimate of drug-likeness (QED) is 0.514. The van der Waals surface area contributed by atoms with Crippen molar-refractivity contribution in [2.45, 2.75) is 26.4 Å². The van der Waals surface area contributed by atoms with Crippen molar-refractivity contribution in [3.05, 3.63) is 88.6 Å². The van der Waals surface area contributed by atoms with Crippen LogP contribution in [0, 0.1) is 0 Å². The van der Waals surface area contributed by atoms with Crippen LogP contribution in [0.1, 0.15) is 35.9 Å². The van der Waals surface area contributed by atoms with E-state index in [2.05, 4.69) is 10.2 Å². The van der Waals surface area contributed by atoms with Gasteiger partial charge in [-0.2, -0.15) is 10.2 Å². The van der Waals surface area contributed by atoms with Crippen LogP contribution in [0.3, 0.4) is 0 Å². The summed E-state index contributed by atoms with van der Waals surface area (Å²) in [7, 11) is 1.73. The standard InChI is InChI=1S/C23H23N5O2/c1-16(2)28-22(29)20-12-8-7-11-19(20)21(25-28)23(30)26(3)14-17-13-24-27(15-17)18-9-5-4-6-10-18/h4-13,15-16H,14H2,1-3H3. The molecule has 0 aliphatic heterocycles. The van der Waals surface area contributed by atoms with E-state index in [0.717, 1.165) is 11.3 Å². The van der Waals surface area contributed by atoms with Gasteiger partial charge in [0.2, 0.25) is 0 Å². The van der Waals surface area contributed by atoms with Crippen LogP contribution in [0.5, 0.6) is 0 Å². The number of rotatable bonds is 5. The molecule has 2 heterocycles. The second-order valence-corrected chi connectivity index (χ2v) is 7.53. The fourth-order valence-electron chi connectivity index (χ4n) is 3.40. The zero-order chi connectivity index (χ0) is 21.3. The van der Waals surface area contributed by atoms with Gasteiger partial charge in [-0.3, -0.25) is 9.59 Å². The van der Waals surface area contributed by atoms with Crippen molar-refractivity contribution in [1.29, 1.82) is 0 Å². The Morgan fingerprint density at radius 2 is 1.70 bits per heavy atom. The van der Waals surface area contributed by atoms with Crippen LogP contribution in [-0.4, -0.2) is 37.4 Å². The molecule has 0 fully saturated rings. The fourth-order valence-corrected chi connectivity index (χ4v) is 3.40. The van der Waals surface area contributed by atoms with Gasteiger partial charge in [-0.1, -0.05) is 36.4 Å². The smallest absolute Gasteiger partial charge is 0.274 e. The number of hydrogen-bond donors (Lipinski definition) is 0. The molecule has 4 aromatic rings. The third-order valence-corrected chi connectivity index (χ3v) is 4.94. The number of fused-ring (bicyclic) bond motifs is 1. The first kappa shape index (κ1) is 19.6. The molecule has 4 rings (SSSR count). The summed E-state index contributed by atoms with van der Waals surface area (Å²) in [6.45, 7) is 4.13. The minimum Gasteiger partial charge on any atom is -0.336 e. The highest BCUT2D eigenvalue weighted by Gasteiger charge is 2.21. The largest absolute Gasteiger partial charge is 0.336 e. The molecule has 0 N–H and O–H groups in total. The second-order valence-electron chi connectivity index (χ2n) is 7.53. The number of carbonyl (C=O) groups is 1. The van der Waals surface area contributed by atoms with Gasteiger partial charge in [0.15, 0.2) is 5.69 Å². The van der Waals surface area contributed by atoms with E-state index in [-0.39, 0.29) is 23.2 Å². The van der Waals surface area contributed by atoms with Crippen LogP contribution in [0.2, 0.25) is 0 Å². The maximum atomic E-state index is 13.2. The predicted molar refractivity (Wildman–Crippen MR) is 116 cm³/mol. The van der Waals surface area contributed by atoms with Crippen molar-refractivity contribution < 1.29 is 4.79 Å². The zero-order valence-electron chi connectivity index (χ0n) is 17.2. The lowest BCUT2D eigenvalue weighted by Gasteiger charge is -2.18. The fraction of sp³-hybridized carbons (Fsp3) is 0.217. The highest BCUT2D eigenvalue weighted by molar-refractivity contribution is 6.04. The predicted octanol–water partition coefficient (Wildman–Crippen LogP) is 3.44. The van der Waals surface area contributed by atoms with Gasteiger partial charge in [0.1, 0.15) is 0 Å². The van der Waals surface area contributed by atoms with Crippen molar-refractivity contribution in [3.63, 3.8) is 0 Å². The Labute approximate surface area is 174 Å². The summed E-state index contributed by atoms with van der Waals surface area (Å²) in [4.78, 5) is 27.5. The third-order valence-electron chi connectivity index (χ3n) is 4.94. The molecule has 0 aliphatic rings. The monoisotopic (exact) mass is 401 g/mol. The van der Waals surface area contributed by atoms with E-state index in [1.165, 1.54) is 4.68 Å². The lowest BCUT2D eigenvalue weighted by Crippen LogP contribution is -2.32. The Balaban J connectivity index is 1.65. The molecule has 1 amide bonds. The van der Waals surface area contributed by atoms with Gasteiger partial charge < -0.3 is 4.90 Å². The molecule has 0 bridgehead atoms. The molecule has 152 valence electrons. The Hall–Kier alpha value is -3.74. The van der Waals surface area contributed by atoms with Crippen molar-refractivity contribution in [2.75, 3.05) is 7.05 Å². The van der Waals surface area contributed by atoms with Crippen LogP contribution in [0.25, 0.3) is 16.5 Å². The Kier molecular flexibility index (Phi) is 5.18. The van der Waals surface area contributed by atoms with E-state index in [1.54, 1.807) is 41.0 Å². The van der Waals surface area contributed by atoms with Crippen molar-refractivity contribution in [3.8, 4) is 5.69 Å².